The highest BCUT2D eigenvalue weighted by atomic mass is 32.2. The summed E-state index contributed by atoms with van der Waals surface area (Å²) in [6, 6.07) is 16.9. The maximum atomic E-state index is 12.2. The van der Waals surface area contributed by atoms with Gasteiger partial charge in [0.15, 0.2) is 5.78 Å². The number of nitrogens with zero attached hydrogens (tertiary/aromatic N) is 1. The fourth-order valence-electron chi connectivity index (χ4n) is 1.91. The Bertz CT molecular complexity index is 713. The Hall–Kier alpha value is -2.07. The van der Waals surface area contributed by atoms with Gasteiger partial charge in [-0.2, -0.15) is 4.40 Å². The molecule has 0 fully saturated rings. The Balaban J connectivity index is 2.03. The summed E-state index contributed by atoms with van der Waals surface area (Å²) >= 11 is 0. The number of Topliss-reactive ketones (excluding diaryl/α,β-unsaturated/α-hetero) is 1. The van der Waals surface area contributed by atoms with Crippen LogP contribution in [0.3, 0.4) is 0 Å². The van der Waals surface area contributed by atoms with Crippen molar-refractivity contribution in [2.75, 3.05) is 0 Å². The molecular weight excluding hydrogens is 306 g/mol. The molecule has 2 aromatic rings. The molecule has 120 valence electrons. The second-order valence-electron chi connectivity index (χ2n) is 6.30. The van der Waals surface area contributed by atoms with E-state index in [4.69, 9.17) is 0 Å². The summed E-state index contributed by atoms with van der Waals surface area (Å²) < 4.78 is 15.6. The third-order valence-electron chi connectivity index (χ3n) is 3.26. The van der Waals surface area contributed by atoms with E-state index in [2.05, 4.69) is 4.40 Å². The fraction of sp³-hybridized carbons (Fsp3) is 0.263. The molecule has 0 heterocycles. The average Bonchev–Trinajstić information content (AvgIpc) is 2.53. The maximum absolute atomic E-state index is 12.2. The van der Waals surface area contributed by atoms with Crippen molar-refractivity contribution in [2.24, 2.45) is 4.40 Å². The summed E-state index contributed by atoms with van der Waals surface area (Å²) in [5.41, 5.74) is 2.51. The van der Waals surface area contributed by atoms with Crippen LogP contribution in [0, 0.1) is 0 Å². The van der Waals surface area contributed by atoms with Gasteiger partial charge in [0, 0.05) is 18.2 Å². The van der Waals surface area contributed by atoms with E-state index < -0.39 is 11.0 Å². The first kappa shape index (κ1) is 17.3. The Morgan fingerprint density at radius 3 is 2.22 bits per heavy atom. The normalized spacial score (nSPS) is 13.2. The number of benzene rings is 2. The summed E-state index contributed by atoms with van der Waals surface area (Å²) in [7, 11) is -1.28. The van der Waals surface area contributed by atoms with E-state index in [0.717, 1.165) is 11.1 Å². The van der Waals surface area contributed by atoms with Gasteiger partial charge in [-0.3, -0.25) is 4.79 Å². The number of carbonyl (C=O) groups excluding carboxylic acids is 1. The lowest BCUT2D eigenvalue weighted by Gasteiger charge is -2.12. The van der Waals surface area contributed by atoms with Gasteiger partial charge in [0.05, 0.1) is 4.75 Å². The molecule has 0 saturated heterocycles. The number of carbonyl (C=O) groups is 1. The van der Waals surface area contributed by atoms with Crippen molar-refractivity contribution < 1.29 is 9.00 Å². The van der Waals surface area contributed by atoms with E-state index >= 15 is 0 Å². The van der Waals surface area contributed by atoms with Crippen LogP contribution in [0.15, 0.2) is 59.0 Å². The highest BCUT2D eigenvalue weighted by molar-refractivity contribution is 7.85. The summed E-state index contributed by atoms with van der Waals surface area (Å²) in [6.07, 6.45) is 1.98. The summed E-state index contributed by atoms with van der Waals surface area (Å²) in [4.78, 5) is 12.2. The monoisotopic (exact) mass is 327 g/mol. The van der Waals surface area contributed by atoms with Crippen LogP contribution in [0.4, 0.5) is 0 Å². The molecule has 0 N–H and O–H groups in total. The molecule has 2 aromatic carbocycles. The molecule has 0 aromatic heterocycles. The zero-order valence-electron chi connectivity index (χ0n) is 13.7. The SMILES string of the molecule is CC(C)(C)S(=O)N=Cc1ccc(C(=O)Cc2ccccc2)cc1. The molecule has 0 aliphatic heterocycles. The molecule has 1 atom stereocenters. The van der Waals surface area contributed by atoms with Crippen LogP contribution in [0.25, 0.3) is 0 Å². The van der Waals surface area contributed by atoms with Crippen molar-refractivity contribution in [3.05, 3.63) is 71.3 Å². The van der Waals surface area contributed by atoms with Crippen LogP contribution in [0.1, 0.15) is 42.3 Å². The van der Waals surface area contributed by atoms with E-state index in [9.17, 15) is 9.00 Å². The summed E-state index contributed by atoms with van der Waals surface area (Å²) in [6.45, 7) is 5.64. The van der Waals surface area contributed by atoms with E-state index in [-0.39, 0.29) is 10.5 Å². The Kier molecular flexibility index (Phi) is 5.61. The van der Waals surface area contributed by atoms with Gasteiger partial charge in [0.2, 0.25) is 0 Å². The van der Waals surface area contributed by atoms with E-state index in [1.54, 1.807) is 18.3 Å². The maximum Gasteiger partial charge on any atom is 0.167 e. The van der Waals surface area contributed by atoms with Crippen molar-refractivity contribution in [3.8, 4) is 0 Å². The Labute approximate surface area is 140 Å². The van der Waals surface area contributed by atoms with Gasteiger partial charge in [0.1, 0.15) is 11.0 Å². The van der Waals surface area contributed by atoms with E-state index in [0.29, 0.717) is 12.0 Å². The third-order valence-corrected chi connectivity index (χ3v) is 4.61. The fourth-order valence-corrected chi connectivity index (χ4v) is 2.44. The minimum atomic E-state index is -1.28. The molecule has 0 saturated carbocycles. The van der Waals surface area contributed by atoms with E-state index in [1.165, 1.54) is 0 Å². The quantitative estimate of drug-likeness (QED) is 0.616. The first-order valence-corrected chi connectivity index (χ1v) is 8.60. The van der Waals surface area contributed by atoms with Crippen molar-refractivity contribution >= 4 is 23.0 Å². The molecule has 0 bridgehead atoms. The largest absolute Gasteiger partial charge is 0.294 e. The van der Waals surface area contributed by atoms with Crippen LogP contribution >= 0.6 is 0 Å². The number of hydrogen-bond acceptors (Lipinski definition) is 2. The molecule has 0 aliphatic rings. The van der Waals surface area contributed by atoms with Gasteiger partial charge in [-0.05, 0) is 31.9 Å². The molecule has 1 unspecified atom stereocenters. The summed E-state index contributed by atoms with van der Waals surface area (Å²) in [5.74, 6) is 0.0814. The Morgan fingerprint density at radius 1 is 1.04 bits per heavy atom. The van der Waals surface area contributed by atoms with Gasteiger partial charge in [-0.15, -0.1) is 0 Å². The predicted octanol–water partition coefficient (Wildman–Crippen LogP) is 3.99. The minimum Gasteiger partial charge on any atom is -0.294 e. The zero-order chi connectivity index (χ0) is 16.9. The van der Waals surface area contributed by atoms with Crippen LogP contribution in [0.2, 0.25) is 0 Å². The summed E-state index contributed by atoms with van der Waals surface area (Å²) in [5, 5.41) is 0. The first-order chi connectivity index (χ1) is 10.9. The van der Waals surface area contributed by atoms with Crippen molar-refractivity contribution in [2.45, 2.75) is 31.9 Å². The molecular formula is C19H21NO2S. The van der Waals surface area contributed by atoms with Crippen LogP contribution in [-0.4, -0.2) is 21.0 Å². The number of hydrogen-bond donors (Lipinski definition) is 0. The average molecular weight is 327 g/mol. The molecule has 0 spiro atoms. The predicted molar refractivity (Wildman–Crippen MR) is 96.4 cm³/mol. The van der Waals surface area contributed by atoms with Crippen LogP contribution < -0.4 is 0 Å². The lowest BCUT2D eigenvalue weighted by Crippen LogP contribution is -2.19. The second-order valence-corrected chi connectivity index (χ2v) is 8.24. The number of ketones is 1. The lowest BCUT2D eigenvalue weighted by atomic mass is 10.0. The topological polar surface area (TPSA) is 46.5 Å². The van der Waals surface area contributed by atoms with Crippen LogP contribution in [-0.2, 0) is 17.4 Å². The lowest BCUT2D eigenvalue weighted by molar-refractivity contribution is 0.0993. The van der Waals surface area contributed by atoms with E-state index in [1.807, 2.05) is 63.2 Å². The molecule has 4 heteroatoms. The third kappa shape index (κ3) is 5.25. The highest BCUT2D eigenvalue weighted by Gasteiger charge is 2.18. The van der Waals surface area contributed by atoms with Gasteiger partial charge >= 0.3 is 0 Å². The molecule has 2 rings (SSSR count). The van der Waals surface area contributed by atoms with Gasteiger partial charge < -0.3 is 0 Å². The van der Waals surface area contributed by atoms with Crippen LogP contribution in [0.5, 0.6) is 0 Å². The van der Waals surface area contributed by atoms with Crippen molar-refractivity contribution in [1.82, 2.24) is 0 Å². The molecule has 0 aliphatic carbocycles. The van der Waals surface area contributed by atoms with Crippen molar-refractivity contribution in [1.29, 1.82) is 0 Å². The molecule has 0 amide bonds. The molecule has 0 radical (unpaired) electrons. The first-order valence-electron chi connectivity index (χ1n) is 7.49. The zero-order valence-corrected chi connectivity index (χ0v) is 14.5. The highest BCUT2D eigenvalue weighted by Crippen LogP contribution is 2.13. The van der Waals surface area contributed by atoms with Gasteiger partial charge in [-0.1, -0.05) is 54.6 Å². The minimum absolute atomic E-state index is 0.0814. The smallest absolute Gasteiger partial charge is 0.167 e. The molecule has 23 heavy (non-hydrogen) atoms. The number of rotatable bonds is 5. The standard InChI is InChI=1S/C19H21NO2S/c1-19(2,3)23(22)20-14-16-9-11-17(12-10-16)18(21)13-15-7-5-4-6-8-15/h4-12,14H,13H2,1-3H3. The van der Waals surface area contributed by atoms with Crippen molar-refractivity contribution in [3.63, 3.8) is 0 Å². The molecule has 3 nitrogen and oxygen atoms in total. The van der Waals surface area contributed by atoms with Gasteiger partial charge in [-0.25, -0.2) is 4.21 Å². The van der Waals surface area contributed by atoms with Gasteiger partial charge in [0.25, 0.3) is 0 Å². The second kappa shape index (κ2) is 7.47. The Morgan fingerprint density at radius 2 is 1.65 bits per heavy atom.